The molecular weight excluding hydrogens is 227 g/mol. The minimum Gasteiger partial charge on any atom is -0.454 e. The molecule has 0 N–H and O–H groups in total. The molecule has 2 aromatic rings. The molecule has 0 aliphatic rings. The van der Waals surface area contributed by atoms with Gasteiger partial charge in [-0.25, -0.2) is 4.39 Å². The standard InChI is InChI=1S/C16H13FO/c1-3-4-13-7-10-15(17)16(11-13)18-14-8-5-12(2)6-9-14/h1,5-11H,4H2,2H3. The molecule has 90 valence electrons. The van der Waals surface area contributed by atoms with Crippen LogP contribution in [0.25, 0.3) is 0 Å². The van der Waals surface area contributed by atoms with E-state index in [1.807, 2.05) is 31.2 Å². The number of terminal acetylenes is 1. The molecule has 2 aromatic carbocycles. The van der Waals surface area contributed by atoms with Gasteiger partial charge in [-0.1, -0.05) is 23.8 Å². The van der Waals surface area contributed by atoms with E-state index in [2.05, 4.69) is 5.92 Å². The fraction of sp³-hybridized carbons (Fsp3) is 0.125. The molecule has 0 fully saturated rings. The van der Waals surface area contributed by atoms with Crippen molar-refractivity contribution in [2.24, 2.45) is 0 Å². The van der Waals surface area contributed by atoms with E-state index in [0.717, 1.165) is 11.1 Å². The Kier molecular flexibility index (Phi) is 3.64. The van der Waals surface area contributed by atoms with Crippen LogP contribution in [0.2, 0.25) is 0 Å². The quantitative estimate of drug-likeness (QED) is 0.734. The maximum atomic E-state index is 13.6. The summed E-state index contributed by atoms with van der Waals surface area (Å²) in [7, 11) is 0. The zero-order valence-corrected chi connectivity index (χ0v) is 10.1. The Hall–Kier alpha value is -2.27. The van der Waals surface area contributed by atoms with Crippen LogP contribution in [0.1, 0.15) is 11.1 Å². The van der Waals surface area contributed by atoms with Gasteiger partial charge in [0, 0.05) is 6.42 Å². The van der Waals surface area contributed by atoms with Crippen LogP contribution in [-0.2, 0) is 6.42 Å². The highest BCUT2D eigenvalue weighted by atomic mass is 19.1. The van der Waals surface area contributed by atoms with E-state index in [-0.39, 0.29) is 5.75 Å². The molecule has 0 aliphatic heterocycles. The molecule has 18 heavy (non-hydrogen) atoms. The molecule has 0 saturated heterocycles. The minimum atomic E-state index is -0.392. The fourth-order valence-corrected chi connectivity index (χ4v) is 1.59. The summed E-state index contributed by atoms with van der Waals surface area (Å²) in [5.74, 6) is 2.94. The highest BCUT2D eigenvalue weighted by Crippen LogP contribution is 2.25. The van der Waals surface area contributed by atoms with Gasteiger partial charge >= 0.3 is 0 Å². The normalized spacial score (nSPS) is 9.83. The molecule has 1 nitrogen and oxygen atoms in total. The van der Waals surface area contributed by atoms with E-state index in [1.165, 1.54) is 6.07 Å². The molecule has 0 aromatic heterocycles. The summed E-state index contributed by atoms with van der Waals surface area (Å²) in [5, 5.41) is 0. The first-order valence-corrected chi connectivity index (χ1v) is 5.65. The van der Waals surface area contributed by atoms with E-state index in [9.17, 15) is 4.39 Å². The van der Waals surface area contributed by atoms with E-state index in [4.69, 9.17) is 11.2 Å². The van der Waals surface area contributed by atoms with E-state index in [1.54, 1.807) is 12.1 Å². The Morgan fingerprint density at radius 3 is 2.56 bits per heavy atom. The van der Waals surface area contributed by atoms with Gasteiger partial charge in [0.1, 0.15) is 5.75 Å². The van der Waals surface area contributed by atoms with Crippen molar-refractivity contribution in [3.8, 4) is 23.8 Å². The largest absolute Gasteiger partial charge is 0.454 e. The molecule has 2 heteroatoms. The average Bonchev–Trinajstić information content (AvgIpc) is 2.36. The van der Waals surface area contributed by atoms with Gasteiger partial charge in [-0.2, -0.15) is 0 Å². The van der Waals surface area contributed by atoms with Crippen molar-refractivity contribution in [1.82, 2.24) is 0 Å². The summed E-state index contributed by atoms with van der Waals surface area (Å²) >= 11 is 0. The number of rotatable bonds is 3. The maximum Gasteiger partial charge on any atom is 0.165 e. The second-order valence-corrected chi connectivity index (χ2v) is 4.06. The first-order chi connectivity index (χ1) is 8.69. The van der Waals surface area contributed by atoms with Gasteiger partial charge in [0.2, 0.25) is 0 Å². The van der Waals surface area contributed by atoms with Crippen molar-refractivity contribution in [2.45, 2.75) is 13.3 Å². The highest BCUT2D eigenvalue weighted by Gasteiger charge is 2.05. The van der Waals surface area contributed by atoms with Crippen molar-refractivity contribution >= 4 is 0 Å². The Morgan fingerprint density at radius 2 is 1.89 bits per heavy atom. The Balaban J connectivity index is 2.25. The van der Waals surface area contributed by atoms with Crippen LogP contribution in [0, 0.1) is 25.1 Å². The van der Waals surface area contributed by atoms with Crippen LogP contribution >= 0.6 is 0 Å². The molecule has 0 amide bonds. The fourth-order valence-electron chi connectivity index (χ4n) is 1.59. The predicted molar refractivity (Wildman–Crippen MR) is 70.2 cm³/mol. The van der Waals surface area contributed by atoms with Crippen LogP contribution in [0.5, 0.6) is 11.5 Å². The number of aryl methyl sites for hydroxylation is 1. The molecule has 0 bridgehead atoms. The van der Waals surface area contributed by atoms with Crippen LogP contribution < -0.4 is 4.74 Å². The Morgan fingerprint density at radius 1 is 1.17 bits per heavy atom. The van der Waals surface area contributed by atoms with Crippen molar-refractivity contribution < 1.29 is 9.13 Å². The van der Waals surface area contributed by atoms with Gasteiger partial charge in [-0.3, -0.25) is 0 Å². The molecular formula is C16H13FO. The Bertz CT molecular complexity index is 579. The molecule has 0 saturated carbocycles. The maximum absolute atomic E-state index is 13.6. The van der Waals surface area contributed by atoms with Crippen molar-refractivity contribution in [2.75, 3.05) is 0 Å². The lowest BCUT2D eigenvalue weighted by atomic mass is 10.1. The predicted octanol–water partition coefficient (Wildman–Crippen LogP) is 4.10. The van der Waals surface area contributed by atoms with Crippen LogP contribution in [0.4, 0.5) is 4.39 Å². The topological polar surface area (TPSA) is 9.23 Å². The van der Waals surface area contributed by atoms with Crippen LogP contribution in [0.3, 0.4) is 0 Å². The molecule has 0 atom stereocenters. The SMILES string of the molecule is C#CCc1ccc(F)c(Oc2ccc(C)cc2)c1. The lowest BCUT2D eigenvalue weighted by Crippen LogP contribution is -1.91. The second-order valence-electron chi connectivity index (χ2n) is 4.06. The van der Waals surface area contributed by atoms with Crippen LogP contribution in [0.15, 0.2) is 42.5 Å². The lowest BCUT2D eigenvalue weighted by molar-refractivity contribution is 0.441. The summed E-state index contributed by atoms with van der Waals surface area (Å²) < 4.78 is 19.1. The number of hydrogen-bond donors (Lipinski definition) is 0. The molecule has 0 radical (unpaired) electrons. The number of benzene rings is 2. The molecule has 0 unspecified atom stereocenters. The summed E-state index contributed by atoms with van der Waals surface area (Å²) in [4.78, 5) is 0. The van der Waals surface area contributed by atoms with Crippen molar-refractivity contribution in [1.29, 1.82) is 0 Å². The molecule has 0 spiro atoms. The molecule has 0 aliphatic carbocycles. The van der Waals surface area contributed by atoms with E-state index < -0.39 is 5.82 Å². The summed E-state index contributed by atoms with van der Waals surface area (Å²) in [5.41, 5.74) is 1.99. The monoisotopic (exact) mass is 240 g/mol. The molecule has 0 heterocycles. The number of halogens is 1. The van der Waals surface area contributed by atoms with E-state index in [0.29, 0.717) is 12.2 Å². The van der Waals surface area contributed by atoms with Gasteiger partial charge in [0.25, 0.3) is 0 Å². The Labute approximate surface area is 106 Å². The third-order valence-electron chi connectivity index (χ3n) is 2.55. The first-order valence-electron chi connectivity index (χ1n) is 5.65. The smallest absolute Gasteiger partial charge is 0.165 e. The summed E-state index contributed by atoms with van der Waals surface area (Å²) in [6.45, 7) is 1.98. The van der Waals surface area contributed by atoms with Gasteiger partial charge < -0.3 is 4.74 Å². The number of hydrogen-bond acceptors (Lipinski definition) is 1. The van der Waals surface area contributed by atoms with Crippen molar-refractivity contribution in [3.05, 3.63) is 59.4 Å². The van der Waals surface area contributed by atoms with Gasteiger partial charge in [-0.15, -0.1) is 12.3 Å². The third kappa shape index (κ3) is 2.89. The van der Waals surface area contributed by atoms with E-state index >= 15 is 0 Å². The average molecular weight is 240 g/mol. The number of ether oxygens (including phenoxy) is 1. The summed E-state index contributed by atoms with van der Waals surface area (Å²) in [6.07, 6.45) is 5.70. The zero-order chi connectivity index (χ0) is 13.0. The van der Waals surface area contributed by atoms with Crippen molar-refractivity contribution in [3.63, 3.8) is 0 Å². The van der Waals surface area contributed by atoms with Gasteiger partial charge in [0.05, 0.1) is 0 Å². The summed E-state index contributed by atoms with van der Waals surface area (Å²) in [6, 6.07) is 12.1. The first kappa shape index (κ1) is 12.2. The zero-order valence-electron chi connectivity index (χ0n) is 10.1. The lowest BCUT2D eigenvalue weighted by Gasteiger charge is -2.08. The second kappa shape index (κ2) is 5.37. The molecule has 2 rings (SSSR count). The minimum absolute atomic E-state index is 0.201. The highest BCUT2D eigenvalue weighted by molar-refractivity contribution is 5.37. The van der Waals surface area contributed by atoms with Gasteiger partial charge in [0.15, 0.2) is 11.6 Å². The third-order valence-corrected chi connectivity index (χ3v) is 2.55. The van der Waals surface area contributed by atoms with Gasteiger partial charge in [-0.05, 0) is 36.8 Å². The van der Waals surface area contributed by atoms with Crippen LogP contribution in [-0.4, -0.2) is 0 Å².